The Bertz CT molecular complexity index is 992. The van der Waals surface area contributed by atoms with Gasteiger partial charge in [-0.1, -0.05) is 19.9 Å². The number of halogens is 3. The molecule has 33 heavy (non-hydrogen) atoms. The van der Waals surface area contributed by atoms with Gasteiger partial charge in [-0.15, -0.1) is 0 Å². The van der Waals surface area contributed by atoms with Crippen molar-refractivity contribution in [2.24, 2.45) is 0 Å². The monoisotopic (exact) mass is 462 g/mol. The molecule has 1 N–H and O–H groups in total. The molecule has 2 aliphatic rings. The number of carbonyl (C=O) groups is 1. The number of amides is 1. The van der Waals surface area contributed by atoms with Gasteiger partial charge in [0.15, 0.2) is 11.6 Å². The SMILES string of the molecule is CC.Cc1ccc(Nc2c(C(=O)N3CC(N4CCC(N(C)C)C4)C3)ccc(F)c2F)c(F)c1. The van der Waals surface area contributed by atoms with Crippen LogP contribution in [-0.2, 0) is 0 Å². The molecule has 2 fully saturated rings. The fourth-order valence-electron chi connectivity index (χ4n) is 4.25. The normalized spacial score (nSPS) is 18.7. The van der Waals surface area contributed by atoms with Crippen LogP contribution in [0.1, 0.15) is 36.2 Å². The fourth-order valence-corrected chi connectivity index (χ4v) is 4.25. The van der Waals surface area contributed by atoms with Crippen molar-refractivity contribution in [2.45, 2.75) is 39.3 Å². The Balaban J connectivity index is 0.00000149. The van der Waals surface area contributed by atoms with Crippen LogP contribution in [0, 0.1) is 24.4 Å². The third kappa shape index (κ3) is 5.33. The Morgan fingerprint density at radius 2 is 1.73 bits per heavy atom. The van der Waals surface area contributed by atoms with Crippen molar-refractivity contribution in [1.29, 1.82) is 0 Å². The van der Waals surface area contributed by atoms with Crippen molar-refractivity contribution in [3.05, 3.63) is 58.9 Å². The molecule has 1 atom stereocenters. The number of carbonyl (C=O) groups excluding carboxylic acids is 1. The van der Waals surface area contributed by atoms with E-state index >= 15 is 0 Å². The molecule has 1 unspecified atom stereocenters. The predicted octanol–water partition coefficient (Wildman–Crippen LogP) is 4.64. The first-order valence-corrected chi connectivity index (χ1v) is 11.5. The van der Waals surface area contributed by atoms with E-state index in [-0.39, 0.29) is 23.0 Å². The Morgan fingerprint density at radius 1 is 1.03 bits per heavy atom. The van der Waals surface area contributed by atoms with E-state index < -0.39 is 23.4 Å². The van der Waals surface area contributed by atoms with Crippen LogP contribution in [0.4, 0.5) is 24.5 Å². The number of likely N-dealkylation sites (tertiary alicyclic amines) is 2. The van der Waals surface area contributed by atoms with Crippen molar-refractivity contribution < 1.29 is 18.0 Å². The molecule has 2 saturated heterocycles. The first kappa shape index (κ1) is 25.1. The molecule has 0 bridgehead atoms. The molecule has 0 saturated carbocycles. The number of hydrogen-bond donors (Lipinski definition) is 1. The number of benzene rings is 2. The molecule has 180 valence electrons. The molecule has 2 heterocycles. The molecule has 5 nitrogen and oxygen atoms in total. The van der Waals surface area contributed by atoms with Gasteiger partial charge in [-0.2, -0.15) is 0 Å². The van der Waals surface area contributed by atoms with Gasteiger partial charge in [0.05, 0.1) is 16.9 Å². The summed E-state index contributed by atoms with van der Waals surface area (Å²) in [6.07, 6.45) is 1.09. The zero-order valence-electron chi connectivity index (χ0n) is 20.0. The minimum atomic E-state index is -1.20. The van der Waals surface area contributed by atoms with Gasteiger partial charge < -0.3 is 15.1 Å². The van der Waals surface area contributed by atoms with Gasteiger partial charge in [0.2, 0.25) is 0 Å². The summed E-state index contributed by atoms with van der Waals surface area (Å²) < 4.78 is 42.8. The molecular formula is C25H33F3N4O. The number of hydrogen-bond acceptors (Lipinski definition) is 4. The van der Waals surface area contributed by atoms with Gasteiger partial charge in [0, 0.05) is 38.3 Å². The van der Waals surface area contributed by atoms with Gasteiger partial charge in [-0.25, -0.2) is 13.2 Å². The zero-order valence-corrected chi connectivity index (χ0v) is 20.0. The highest BCUT2D eigenvalue weighted by molar-refractivity contribution is 6.01. The van der Waals surface area contributed by atoms with Crippen molar-refractivity contribution >= 4 is 17.3 Å². The number of rotatable bonds is 5. The molecule has 8 heteroatoms. The minimum absolute atomic E-state index is 0.00934. The number of aryl methyl sites for hydroxylation is 1. The van der Waals surface area contributed by atoms with Crippen molar-refractivity contribution in [3.63, 3.8) is 0 Å². The highest BCUT2D eigenvalue weighted by Crippen LogP contribution is 2.31. The molecular weight excluding hydrogens is 429 g/mol. The van der Waals surface area contributed by atoms with Crippen molar-refractivity contribution in [2.75, 3.05) is 45.6 Å². The molecule has 4 rings (SSSR count). The first-order chi connectivity index (χ1) is 15.7. The number of nitrogens with one attached hydrogen (secondary N) is 1. The maximum atomic E-state index is 14.6. The van der Waals surface area contributed by atoms with Crippen LogP contribution in [0.25, 0.3) is 0 Å². The summed E-state index contributed by atoms with van der Waals surface area (Å²) in [6.45, 7) is 8.75. The van der Waals surface area contributed by atoms with Crippen molar-refractivity contribution in [3.8, 4) is 0 Å². The lowest BCUT2D eigenvalue weighted by Gasteiger charge is -2.44. The minimum Gasteiger partial charge on any atom is -0.350 e. The van der Waals surface area contributed by atoms with E-state index in [1.807, 2.05) is 13.8 Å². The van der Waals surface area contributed by atoms with Gasteiger partial charge in [-0.05, 0) is 57.3 Å². The molecule has 2 aliphatic heterocycles. The summed E-state index contributed by atoms with van der Waals surface area (Å²) in [5.41, 5.74) is 0.330. The highest BCUT2D eigenvalue weighted by atomic mass is 19.2. The lowest BCUT2D eigenvalue weighted by molar-refractivity contribution is 0.0319. The Kier molecular flexibility index (Phi) is 8.02. The van der Waals surface area contributed by atoms with E-state index in [0.29, 0.717) is 24.7 Å². The van der Waals surface area contributed by atoms with Crippen LogP contribution in [0.2, 0.25) is 0 Å². The summed E-state index contributed by atoms with van der Waals surface area (Å²) in [6, 6.07) is 7.34. The van der Waals surface area contributed by atoms with Gasteiger partial charge >= 0.3 is 0 Å². The van der Waals surface area contributed by atoms with E-state index in [1.165, 1.54) is 18.2 Å². The lowest BCUT2D eigenvalue weighted by atomic mass is 10.0. The predicted molar refractivity (Wildman–Crippen MR) is 125 cm³/mol. The standard InChI is InChI=1S/C23H27F3N4O.C2H6/c1-14-4-7-20(19(25)10-14)27-22-17(5-6-18(24)21(22)26)23(31)30-12-16(13-30)29-9-8-15(11-29)28(2)3;1-2/h4-7,10,15-16,27H,8-9,11-13H2,1-3H3;1-2H3. The van der Waals surface area contributed by atoms with Crippen molar-refractivity contribution in [1.82, 2.24) is 14.7 Å². The van der Waals surface area contributed by atoms with Gasteiger partial charge in [0.1, 0.15) is 5.82 Å². The lowest BCUT2D eigenvalue weighted by Crippen LogP contribution is -2.60. The second-order valence-electron chi connectivity index (χ2n) is 8.66. The molecule has 1 amide bonds. The van der Waals surface area contributed by atoms with E-state index in [1.54, 1.807) is 17.9 Å². The Morgan fingerprint density at radius 3 is 2.33 bits per heavy atom. The summed E-state index contributed by atoms with van der Waals surface area (Å²) in [4.78, 5) is 19.3. The van der Waals surface area contributed by atoms with Crippen LogP contribution < -0.4 is 5.32 Å². The summed E-state index contributed by atoms with van der Waals surface area (Å²) in [7, 11) is 4.14. The largest absolute Gasteiger partial charge is 0.350 e. The molecule has 2 aromatic rings. The molecule has 0 spiro atoms. The molecule has 2 aromatic carbocycles. The Hall–Kier alpha value is -2.58. The number of likely N-dealkylation sites (N-methyl/N-ethyl adjacent to an activating group) is 1. The van der Waals surface area contributed by atoms with E-state index in [4.69, 9.17) is 0 Å². The van der Waals surface area contributed by atoms with Crippen LogP contribution >= 0.6 is 0 Å². The topological polar surface area (TPSA) is 38.8 Å². The first-order valence-electron chi connectivity index (χ1n) is 11.5. The average molecular weight is 463 g/mol. The number of nitrogens with zero attached hydrogens (tertiary/aromatic N) is 3. The van der Waals surface area contributed by atoms with E-state index in [2.05, 4.69) is 29.2 Å². The van der Waals surface area contributed by atoms with E-state index in [9.17, 15) is 18.0 Å². The van der Waals surface area contributed by atoms with Crippen LogP contribution in [0.5, 0.6) is 0 Å². The van der Waals surface area contributed by atoms with Gasteiger partial charge in [-0.3, -0.25) is 9.69 Å². The zero-order chi connectivity index (χ0) is 24.3. The highest BCUT2D eigenvalue weighted by Gasteiger charge is 2.39. The van der Waals surface area contributed by atoms with Crippen LogP contribution in [0.15, 0.2) is 30.3 Å². The molecule has 0 aromatic heterocycles. The molecule has 0 aliphatic carbocycles. The average Bonchev–Trinajstić information content (AvgIpc) is 3.23. The smallest absolute Gasteiger partial charge is 0.256 e. The summed E-state index contributed by atoms with van der Waals surface area (Å²) >= 11 is 0. The van der Waals surface area contributed by atoms with E-state index in [0.717, 1.165) is 25.6 Å². The third-order valence-electron chi connectivity index (χ3n) is 6.30. The van der Waals surface area contributed by atoms with Crippen LogP contribution in [-0.4, -0.2) is 73.0 Å². The quantitative estimate of drug-likeness (QED) is 0.703. The van der Waals surface area contributed by atoms with Gasteiger partial charge in [0.25, 0.3) is 5.91 Å². The Labute approximate surface area is 194 Å². The fraction of sp³-hybridized carbons (Fsp3) is 0.480. The maximum absolute atomic E-state index is 14.6. The maximum Gasteiger partial charge on any atom is 0.256 e. The van der Waals surface area contributed by atoms with Crippen LogP contribution in [0.3, 0.4) is 0 Å². The second-order valence-corrected chi connectivity index (χ2v) is 8.66. The third-order valence-corrected chi connectivity index (χ3v) is 6.30. The summed E-state index contributed by atoms with van der Waals surface area (Å²) in [5, 5.41) is 2.59. The second kappa shape index (κ2) is 10.6. The number of anilines is 2. The molecule has 0 radical (unpaired) electrons. The summed E-state index contributed by atoms with van der Waals surface area (Å²) in [5.74, 6) is -3.29.